The number of nitrogens with zero attached hydrogens (tertiary/aromatic N) is 2. The zero-order valence-corrected chi connectivity index (χ0v) is 10.8. The Labute approximate surface area is 114 Å². The molecule has 1 aromatic carbocycles. The van der Waals surface area contributed by atoms with E-state index in [1.807, 2.05) is 6.92 Å². The number of primary amides is 1. The standard InChI is InChI=1S/C13H13FN4O2/c1-2-16-13-17-7-10(14)12(18-13)20-9-5-3-8(4-6-9)11(15)19/h3-7H,2H2,1H3,(H2,15,19)(H,16,17,18). The van der Waals surface area contributed by atoms with E-state index in [-0.39, 0.29) is 11.8 Å². The molecule has 0 aliphatic heterocycles. The zero-order valence-electron chi connectivity index (χ0n) is 10.8. The van der Waals surface area contributed by atoms with Gasteiger partial charge in [-0.25, -0.2) is 4.98 Å². The number of ether oxygens (including phenoxy) is 1. The number of carbonyl (C=O) groups excluding carboxylic acids is 1. The molecule has 0 aliphatic carbocycles. The predicted molar refractivity (Wildman–Crippen MR) is 71.2 cm³/mol. The summed E-state index contributed by atoms with van der Waals surface area (Å²) in [5.41, 5.74) is 5.47. The summed E-state index contributed by atoms with van der Waals surface area (Å²) in [7, 11) is 0. The molecule has 0 atom stereocenters. The van der Waals surface area contributed by atoms with Crippen LogP contribution in [0.25, 0.3) is 0 Å². The van der Waals surface area contributed by atoms with Crippen LogP contribution in [-0.4, -0.2) is 22.4 Å². The lowest BCUT2D eigenvalue weighted by Crippen LogP contribution is -2.10. The van der Waals surface area contributed by atoms with Crippen molar-refractivity contribution < 1.29 is 13.9 Å². The maximum absolute atomic E-state index is 13.6. The number of anilines is 1. The molecule has 1 amide bonds. The highest BCUT2D eigenvalue weighted by molar-refractivity contribution is 5.92. The lowest BCUT2D eigenvalue weighted by atomic mass is 10.2. The molecule has 6 nitrogen and oxygen atoms in total. The third-order valence-electron chi connectivity index (χ3n) is 2.40. The average molecular weight is 276 g/mol. The molecule has 2 rings (SSSR count). The molecule has 0 aliphatic rings. The van der Waals surface area contributed by atoms with Crippen molar-refractivity contribution in [1.29, 1.82) is 0 Å². The van der Waals surface area contributed by atoms with Gasteiger partial charge in [0.2, 0.25) is 17.7 Å². The first-order chi connectivity index (χ1) is 9.60. The molecule has 0 fully saturated rings. The van der Waals surface area contributed by atoms with E-state index in [1.165, 1.54) is 24.3 Å². The molecule has 0 bridgehead atoms. The minimum absolute atomic E-state index is 0.192. The van der Waals surface area contributed by atoms with Crippen LogP contribution in [-0.2, 0) is 0 Å². The molecule has 0 saturated heterocycles. The number of amides is 1. The van der Waals surface area contributed by atoms with Crippen LogP contribution in [0.2, 0.25) is 0 Å². The van der Waals surface area contributed by atoms with Crippen molar-refractivity contribution in [3.8, 4) is 11.6 Å². The first-order valence-electron chi connectivity index (χ1n) is 5.94. The van der Waals surface area contributed by atoms with E-state index in [2.05, 4.69) is 15.3 Å². The molecule has 3 N–H and O–H groups in total. The molecule has 0 radical (unpaired) electrons. The SMILES string of the molecule is CCNc1ncc(F)c(Oc2ccc(C(N)=O)cc2)n1. The van der Waals surface area contributed by atoms with Crippen molar-refractivity contribution >= 4 is 11.9 Å². The average Bonchev–Trinajstić information content (AvgIpc) is 2.43. The van der Waals surface area contributed by atoms with Crippen LogP contribution in [0.15, 0.2) is 30.5 Å². The Hall–Kier alpha value is -2.70. The number of halogens is 1. The summed E-state index contributed by atoms with van der Waals surface area (Å²) in [6.45, 7) is 2.48. The summed E-state index contributed by atoms with van der Waals surface area (Å²) >= 11 is 0. The van der Waals surface area contributed by atoms with Crippen LogP contribution in [0.3, 0.4) is 0 Å². The number of hydrogen-bond donors (Lipinski definition) is 2. The summed E-state index contributed by atoms with van der Waals surface area (Å²) in [5, 5.41) is 2.85. The Balaban J connectivity index is 2.20. The fourth-order valence-corrected chi connectivity index (χ4v) is 1.47. The number of benzene rings is 1. The fourth-order valence-electron chi connectivity index (χ4n) is 1.47. The summed E-state index contributed by atoms with van der Waals surface area (Å²) < 4.78 is 18.9. The van der Waals surface area contributed by atoms with E-state index in [0.29, 0.717) is 17.9 Å². The van der Waals surface area contributed by atoms with E-state index in [0.717, 1.165) is 6.20 Å². The minimum Gasteiger partial charge on any atom is -0.436 e. The van der Waals surface area contributed by atoms with Gasteiger partial charge in [0.05, 0.1) is 6.20 Å². The van der Waals surface area contributed by atoms with Gasteiger partial charge in [0.15, 0.2) is 0 Å². The number of nitrogens with one attached hydrogen (secondary N) is 1. The van der Waals surface area contributed by atoms with E-state index in [4.69, 9.17) is 10.5 Å². The lowest BCUT2D eigenvalue weighted by molar-refractivity contribution is 0.100. The Morgan fingerprint density at radius 1 is 1.40 bits per heavy atom. The lowest BCUT2D eigenvalue weighted by Gasteiger charge is -2.07. The van der Waals surface area contributed by atoms with Crippen molar-refractivity contribution in [2.75, 3.05) is 11.9 Å². The smallest absolute Gasteiger partial charge is 0.260 e. The number of rotatable bonds is 5. The molecule has 1 aromatic heterocycles. The first-order valence-corrected chi connectivity index (χ1v) is 5.94. The van der Waals surface area contributed by atoms with Crippen LogP contribution in [0, 0.1) is 5.82 Å². The molecule has 0 saturated carbocycles. The third kappa shape index (κ3) is 3.19. The number of nitrogens with two attached hydrogens (primary N) is 1. The van der Waals surface area contributed by atoms with Gasteiger partial charge in [-0.2, -0.15) is 9.37 Å². The zero-order chi connectivity index (χ0) is 14.5. The van der Waals surface area contributed by atoms with Crippen molar-refractivity contribution in [1.82, 2.24) is 9.97 Å². The molecule has 104 valence electrons. The van der Waals surface area contributed by atoms with Crippen LogP contribution in [0.5, 0.6) is 11.6 Å². The fraction of sp³-hybridized carbons (Fsp3) is 0.154. The summed E-state index contributed by atoms with van der Waals surface area (Å²) in [5.74, 6) is -0.791. The summed E-state index contributed by atoms with van der Waals surface area (Å²) in [4.78, 5) is 18.6. The van der Waals surface area contributed by atoms with Crippen LogP contribution in [0.4, 0.5) is 10.3 Å². The molecule has 0 unspecified atom stereocenters. The van der Waals surface area contributed by atoms with Gasteiger partial charge in [0.1, 0.15) is 5.75 Å². The Bertz CT molecular complexity index is 616. The van der Waals surface area contributed by atoms with Crippen molar-refractivity contribution in [2.24, 2.45) is 5.73 Å². The maximum atomic E-state index is 13.6. The first kappa shape index (κ1) is 13.7. The molecule has 0 spiro atoms. The van der Waals surface area contributed by atoms with Crippen molar-refractivity contribution in [2.45, 2.75) is 6.92 Å². The molecular weight excluding hydrogens is 263 g/mol. The van der Waals surface area contributed by atoms with Gasteiger partial charge in [0.25, 0.3) is 5.88 Å². The predicted octanol–water partition coefficient (Wildman–Crippen LogP) is 1.94. The number of hydrogen-bond acceptors (Lipinski definition) is 5. The quantitative estimate of drug-likeness (QED) is 0.871. The van der Waals surface area contributed by atoms with Gasteiger partial charge in [-0.3, -0.25) is 4.79 Å². The second-order valence-electron chi connectivity index (χ2n) is 3.87. The van der Waals surface area contributed by atoms with E-state index in [1.54, 1.807) is 0 Å². The third-order valence-corrected chi connectivity index (χ3v) is 2.40. The van der Waals surface area contributed by atoms with E-state index in [9.17, 15) is 9.18 Å². The van der Waals surface area contributed by atoms with Crippen LogP contribution < -0.4 is 15.8 Å². The molecule has 7 heteroatoms. The van der Waals surface area contributed by atoms with E-state index < -0.39 is 11.7 Å². The maximum Gasteiger partial charge on any atom is 0.260 e. The number of carbonyl (C=O) groups is 1. The molecule has 1 heterocycles. The highest BCUT2D eigenvalue weighted by Crippen LogP contribution is 2.23. The summed E-state index contributed by atoms with van der Waals surface area (Å²) in [6.07, 6.45) is 1.03. The monoisotopic (exact) mass is 276 g/mol. The van der Waals surface area contributed by atoms with Crippen molar-refractivity contribution in [3.63, 3.8) is 0 Å². The van der Waals surface area contributed by atoms with Gasteiger partial charge in [-0.15, -0.1) is 0 Å². The highest BCUT2D eigenvalue weighted by Gasteiger charge is 2.09. The number of aromatic nitrogens is 2. The van der Waals surface area contributed by atoms with Gasteiger partial charge in [-0.1, -0.05) is 0 Å². The van der Waals surface area contributed by atoms with Crippen molar-refractivity contribution in [3.05, 3.63) is 41.8 Å². The molecular formula is C13H13FN4O2. The van der Waals surface area contributed by atoms with Gasteiger partial charge in [-0.05, 0) is 31.2 Å². The minimum atomic E-state index is -0.675. The highest BCUT2D eigenvalue weighted by atomic mass is 19.1. The second-order valence-corrected chi connectivity index (χ2v) is 3.87. The van der Waals surface area contributed by atoms with Gasteiger partial charge >= 0.3 is 0 Å². The normalized spacial score (nSPS) is 10.1. The van der Waals surface area contributed by atoms with Crippen LogP contribution >= 0.6 is 0 Å². The van der Waals surface area contributed by atoms with Gasteiger partial charge < -0.3 is 15.8 Å². The topological polar surface area (TPSA) is 90.1 Å². The van der Waals surface area contributed by atoms with Gasteiger partial charge in [0, 0.05) is 12.1 Å². The largest absolute Gasteiger partial charge is 0.436 e. The molecule has 20 heavy (non-hydrogen) atoms. The Kier molecular flexibility index (Phi) is 4.09. The van der Waals surface area contributed by atoms with E-state index >= 15 is 0 Å². The summed E-state index contributed by atoms with van der Waals surface area (Å²) in [6, 6.07) is 5.99. The second kappa shape index (κ2) is 5.96. The molecule has 2 aromatic rings. The van der Waals surface area contributed by atoms with Crippen LogP contribution in [0.1, 0.15) is 17.3 Å². The Morgan fingerprint density at radius 2 is 2.10 bits per heavy atom. The Morgan fingerprint density at radius 3 is 2.70 bits per heavy atom.